The van der Waals surface area contributed by atoms with Crippen molar-refractivity contribution in [3.8, 4) is 0 Å². The van der Waals surface area contributed by atoms with Crippen LogP contribution in [-0.2, 0) is 4.74 Å². The molecule has 2 aromatic heterocycles. The lowest BCUT2D eigenvalue weighted by molar-refractivity contribution is -0.574. The van der Waals surface area contributed by atoms with Crippen molar-refractivity contribution in [3.05, 3.63) is 56.7 Å². The summed E-state index contributed by atoms with van der Waals surface area (Å²) in [5.41, 5.74) is 0.463. The predicted octanol–water partition coefficient (Wildman–Crippen LogP) is 4.20. The minimum Gasteiger partial charge on any atom is -0.618 e. The van der Waals surface area contributed by atoms with E-state index < -0.39 is 11.8 Å². The number of carbonyl (C=O) groups is 1. The molecular weight excluding hydrogens is 446 g/mol. The van der Waals surface area contributed by atoms with Crippen LogP contribution < -0.4 is 10.0 Å². The maximum absolute atomic E-state index is 14.1. The second-order valence-corrected chi connectivity index (χ2v) is 7.07. The first-order valence-corrected chi connectivity index (χ1v) is 8.94. The van der Waals surface area contributed by atoms with Gasteiger partial charge in [0, 0.05) is 9.64 Å². The molecule has 5 nitrogen and oxygen atoms in total. The van der Waals surface area contributed by atoms with Crippen molar-refractivity contribution >= 4 is 60.8 Å². The topological polar surface area (TPSA) is 65.3 Å². The Kier molecular flexibility index (Phi) is 4.86. The number of pyridine rings is 1. The van der Waals surface area contributed by atoms with Crippen LogP contribution in [0.25, 0.3) is 10.2 Å². The molecule has 8 heteroatoms. The second kappa shape index (κ2) is 6.89. The summed E-state index contributed by atoms with van der Waals surface area (Å²) in [6.07, 6.45) is 1.35. The van der Waals surface area contributed by atoms with Gasteiger partial charge in [0.1, 0.15) is 16.4 Å². The molecule has 0 atom stereocenters. The zero-order chi connectivity index (χ0) is 17.3. The zero-order valence-corrected chi connectivity index (χ0v) is 15.5. The molecule has 2 heterocycles. The fraction of sp³-hybridized carbons (Fsp3) is 0.125. The molecular formula is C16H12FIN2O3S. The van der Waals surface area contributed by atoms with Crippen molar-refractivity contribution in [1.82, 2.24) is 0 Å². The Bertz CT molecular complexity index is 929. The number of benzene rings is 1. The van der Waals surface area contributed by atoms with Gasteiger partial charge in [-0.2, -0.15) is 4.73 Å². The number of esters is 1. The number of rotatable bonds is 4. The third-order valence-electron chi connectivity index (χ3n) is 3.27. The largest absolute Gasteiger partial charge is 0.618 e. The fourth-order valence-corrected chi connectivity index (χ4v) is 3.78. The number of thiophene rings is 1. The Labute approximate surface area is 154 Å². The van der Waals surface area contributed by atoms with E-state index >= 15 is 0 Å². The van der Waals surface area contributed by atoms with Crippen molar-refractivity contribution in [2.45, 2.75) is 6.92 Å². The van der Waals surface area contributed by atoms with Crippen LogP contribution in [0, 0.1) is 14.6 Å². The van der Waals surface area contributed by atoms with Crippen LogP contribution in [0.1, 0.15) is 17.3 Å². The van der Waals surface area contributed by atoms with E-state index in [1.54, 1.807) is 31.2 Å². The van der Waals surface area contributed by atoms with Crippen molar-refractivity contribution in [2.75, 3.05) is 11.9 Å². The first kappa shape index (κ1) is 16.9. The van der Waals surface area contributed by atoms with Gasteiger partial charge in [-0.05, 0) is 65.1 Å². The van der Waals surface area contributed by atoms with Gasteiger partial charge in [0.25, 0.3) is 4.83 Å². The Morgan fingerprint density at radius 1 is 1.46 bits per heavy atom. The van der Waals surface area contributed by atoms with Gasteiger partial charge in [-0.15, -0.1) is 0 Å². The Hall–Kier alpha value is -1.94. The monoisotopic (exact) mass is 458 g/mol. The lowest BCUT2D eigenvalue weighted by atomic mass is 10.2. The summed E-state index contributed by atoms with van der Waals surface area (Å²) < 4.78 is 20.6. The van der Waals surface area contributed by atoms with Crippen LogP contribution in [0.5, 0.6) is 0 Å². The quantitative estimate of drug-likeness (QED) is 0.276. The van der Waals surface area contributed by atoms with E-state index in [9.17, 15) is 14.4 Å². The lowest BCUT2D eigenvalue weighted by Crippen LogP contribution is -2.24. The summed E-state index contributed by atoms with van der Waals surface area (Å²) in [4.78, 5) is 12.7. The number of aromatic nitrogens is 1. The molecule has 0 bridgehead atoms. The van der Waals surface area contributed by atoms with E-state index in [2.05, 4.69) is 5.32 Å². The maximum atomic E-state index is 14.1. The molecule has 0 aliphatic heterocycles. The number of hydrogen-bond acceptors (Lipinski definition) is 5. The molecule has 0 amide bonds. The highest BCUT2D eigenvalue weighted by Gasteiger charge is 2.25. The van der Waals surface area contributed by atoms with Gasteiger partial charge in [-0.3, -0.25) is 0 Å². The average molecular weight is 458 g/mol. The smallest absolute Gasteiger partial charge is 0.342 e. The molecule has 0 aliphatic rings. The minimum atomic E-state index is -0.552. The minimum absolute atomic E-state index is 0.206. The van der Waals surface area contributed by atoms with Crippen LogP contribution in [0.2, 0.25) is 0 Å². The van der Waals surface area contributed by atoms with E-state index in [0.29, 0.717) is 19.9 Å². The van der Waals surface area contributed by atoms with E-state index in [4.69, 9.17) is 4.74 Å². The van der Waals surface area contributed by atoms with Gasteiger partial charge in [0.05, 0.1) is 17.7 Å². The number of fused-ring (bicyclic) bond motifs is 1. The van der Waals surface area contributed by atoms with Gasteiger partial charge in [-0.1, -0.05) is 0 Å². The molecule has 3 aromatic rings. The maximum Gasteiger partial charge on any atom is 0.342 e. The normalized spacial score (nSPS) is 10.8. The molecule has 0 saturated heterocycles. The molecule has 0 spiro atoms. The first-order valence-electron chi connectivity index (χ1n) is 7.05. The van der Waals surface area contributed by atoms with Gasteiger partial charge < -0.3 is 15.3 Å². The standard InChI is InChI=1S/C16H12FIN2O3S/c1-2-23-16(21)13-10-4-3-7-20(22)15(10)24-14(13)19-12-6-5-9(18)8-11(12)17/h3-8,19H,2H2,1H3. The third kappa shape index (κ3) is 3.16. The number of hydrogen-bond donors (Lipinski definition) is 1. The van der Waals surface area contributed by atoms with E-state index in [1.165, 1.54) is 12.3 Å². The zero-order valence-electron chi connectivity index (χ0n) is 12.5. The Morgan fingerprint density at radius 2 is 2.25 bits per heavy atom. The molecule has 3 rings (SSSR count). The molecule has 24 heavy (non-hydrogen) atoms. The van der Waals surface area contributed by atoms with Gasteiger partial charge in [0.15, 0.2) is 6.20 Å². The average Bonchev–Trinajstić information content (AvgIpc) is 2.90. The van der Waals surface area contributed by atoms with Crippen LogP contribution in [0.15, 0.2) is 36.5 Å². The van der Waals surface area contributed by atoms with Crippen molar-refractivity contribution in [2.24, 2.45) is 0 Å². The number of anilines is 2. The number of carbonyl (C=O) groups excluding carboxylic acids is 1. The van der Waals surface area contributed by atoms with Crippen LogP contribution in [0.4, 0.5) is 15.1 Å². The van der Waals surface area contributed by atoms with Gasteiger partial charge in [-0.25, -0.2) is 9.18 Å². The number of nitrogens with one attached hydrogen (secondary N) is 1. The predicted molar refractivity (Wildman–Crippen MR) is 99.1 cm³/mol. The fourth-order valence-electron chi connectivity index (χ4n) is 2.24. The summed E-state index contributed by atoms with van der Waals surface area (Å²) in [5, 5.41) is 15.7. The van der Waals surface area contributed by atoms with Crippen molar-refractivity contribution in [1.29, 1.82) is 0 Å². The molecule has 1 aromatic carbocycles. The van der Waals surface area contributed by atoms with Crippen LogP contribution in [-0.4, -0.2) is 12.6 Å². The molecule has 124 valence electrons. The van der Waals surface area contributed by atoms with Crippen molar-refractivity contribution < 1.29 is 18.7 Å². The van der Waals surface area contributed by atoms with E-state index in [0.717, 1.165) is 14.9 Å². The Balaban J connectivity index is 2.14. The lowest BCUT2D eigenvalue weighted by Gasteiger charge is -2.08. The Morgan fingerprint density at radius 3 is 2.96 bits per heavy atom. The van der Waals surface area contributed by atoms with Gasteiger partial charge >= 0.3 is 5.97 Å². The summed E-state index contributed by atoms with van der Waals surface area (Å²) in [6, 6.07) is 7.94. The molecule has 0 saturated carbocycles. The van der Waals surface area contributed by atoms with Crippen LogP contribution in [0.3, 0.4) is 0 Å². The second-order valence-electron chi connectivity index (χ2n) is 4.83. The van der Waals surface area contributed by atoms with E-state index in [1.807, 2.05) is 22.6 Å². The summed E-state index contributed by atoms with van der Waals surface area (Å²) in [5.74, 6) is -0.993. The highest BCUT2D eigenvalue weighted by Crippen LogP contribution is 2.36. The first-order chi connectivity index (χ1) is 11.5. The SMILES string of the molecule is CCOC(=O)c1c(Nc2ccc(I)cc2F)sc2c1ccc[n+]2[O-]. The summed E-state index contributed by atoms with van der Waals surface area (Å²) in [6.45, 7) is 1.91. The van der Waals surface area contributed by atoms with Gasteiger partial charge in [0.2, 0.25) is 0 Å². The van der Waals surface area contributed by atoms with E-state index in [-0.39, 0.29) is 17.9 Å². The van der Waals surface area contributed by atoms with Crippen molar-refractivity contribution in [3.63, 3.8) is 0 Å². The summed E-state index contributed by atoms with van der Waals surface area (Å²) >= 11 is 3.10. The van der Waals surface area contributed by atoms with Crippen LogP contribution >= 0.6 is 33.9 Å². The molecule has 0 fully saturated rings. The molecule has 0 aliphatic carbocycles. The molecule has 0 radical (unpaired) electrons. The highest BCUT2D eigenvalue weighted by molar-refractivity contribution is 14.1. The third-order valence-corrected chi connectivity index (χ3v) is 5.04. The summed E-state index contributed by atoms with van der Waals surface area (Å²) in [7, 11) is 0. The number of nitrogens with zero attached hydrogens (tertiary/aromatic N) is 1. The molecule has 0 unspecified atom stereocenters. The number of halogens is 2. The molecule has 1 N–H and O–H groups in total. The highest BCUT2D eigenvalue weighted by atomic mass is 127. The number of ether oxygens (including phenoxy) is 1.